The fourth-order valence-electron chi connectivity index (χ4n) is 2.37. The molecule has 1 fully saturated rings. The average Bonchev–Trinajstić information content (AvgIpc) is 2.35. The van der Waals surface area contributed by atoms with Gasteiger partial charge in [0.1, 0.15) is 0 Å². The number of nitrogens with zero attached hydrogens (tertiary/aromatic N) is 1. The Morgan fingerprint density at radius 3 is 2.65 bits per heavy atom. The molecule has 3 unspecified atom stereocenters. The van der Waals surface area contributed by atoms with Crippen LogP contribution in [0.1, 0.15) is 13.3 Å². The summed E-state index contributed by atoms with van der Waals surface area (Å²) in [5, 5.41) is 12.1. The highest BCUT2D eigenvalue weighted by Gasteiger charge is 2.34. The Morgan fingerprint density at radius 2 is 2.15 bits per heavy atom. The minimum Gasteiger partial charge on any atom is -0.468 e. The molecule has 1 aliphatic heterocycles. The molecule has 0 spiro atoms. The Bertz CT molecular complexity index is 324. The van der Waals surface area contributed by atoms with Crippen molar-refractivity contribution in [1.82, 2.24) is 10.2 Å². The topological polar surface area (TPSA) is 61.8 Å². The molecule has 1 aliphatic rings. The quantitative estimate of drug-likeness (QED) is 0.719. The van der Waals surface area contributed by atoms with E-state index < -0.39 is 30.8 Å². The van der Waals surface area contributed by atoms with E-state index in [2.05, 4.69) is 10.1 Å². The third-order valence-electron chi connectivity index (χ3n) is 3.41. The number of aliphatic hydroxyl groups excluding tert-OH is 1. The Balaban J connectivity index is 2.58. The van der Waals surface area contributed by atoms with Crippen molar-refractivity contribution in [3.8, 4) is 0 Å². The van der Waals surface area contributed by atoms with E-state index in [1.807, 2.05) is 0 Å². The lowest BCUT2D eigenvalue weighted by Crippen LogP contribution is -2.53. The van der Waals surface area contributed by atoms with Crippen LogP contribution in [0, 0.1) is 5.92 Å². The number of carbonyl (C=O) groups is 1. The van der Waals surface area contributed by atoms with Crippen molar-refractivity contribution in [2.75, 3.05) is 33.3 Å². The highest BCUT2D eigenvalue weighted by atomic mass is 19.4. The maximum atomic E-state index is 12.2. The fraction of sp³-hybridized carbons (Fsp3) is 0.917. The second-order valence-electron chi connectivity index (χ2n) is 5.20. The van der Waals surface area contributed by atoms with Gasteiger partial charge in [-0.3, -0.25) is 9.69 Å². The van der Waals surface area contributed by atoms with Gasteiger partial charge in [0, 0.05) is 19.1 Å². The molecule has 8 heteroatoms. The van der Waals surface area contributed by atoms with E-state index >= 15 is 0 Å². The lowest BCUT2D eigenvalue weighted by atomic mass is 9.90. The van der Waals surface area contributed by atoms with Crippen LogP contribution in [0.15, 0.2) is 0 Å². The van der Waals surface area contributed by atoms with Crippen LogP contribution in [-0.4, -0.2) is 67.6 Å². The molecule has 1 saturated heterocycles. The summed E-state index contributed by atoms with van der Waals surface area (Å²) in [6.07, 6.45) is -4.46. The molecular weight excluding hydrogens is 277 g/mol. The zero-order chi connectivity index (χ0) is 15.3. The minimum atomic E-state index is -4.27. The second-order valence-corrected chi connectivity index (χ2v) is 5.20. The summed E-state index contributed by atoms with van der Waals surface area (Å²) in [6.45, 7) is 1.35. The number of nitrogens with one attached hydrogen (secondary N) is 1. The van der Waals surface area contributed by atoms with E-state index in [0.717, 1.165) is 0 Å². The summed E-state index contributed by atoms with van der Waals surface area (Å²) in [5.74, 6) is -0.607. The summed E-state index contributed by atoms with van der Waals surface area (Å²) >= 11 is 0. The van der Waals surface area contributed by atoms with Crippen molar-refractivity contribution in [2.45, 2.75) is 31.7 Å². The standard InChI is InChI=1S/C12H21F3N2O3/c1-8(18)9-3-10(16-7-12(13,14)15)5-17(4-9)6-11(19)20-2/h8-10,16,18H,3-7H2,1-2H3. The summed E-state index contributed by atoms with van der Waals surface area (Å²) in [6, 6.07) is -0.408. The van der Waals surface area contributed by atoms with Gasteiger partial charge in [0.05, 0.1) is 26.3 Å². The minimum absolute atomic E-state index is 0.0178. The first-order valence-corrected chi connectivity index (χ1v) is 6.48. The predicted molar refractivity (Wildman–Crippen MR) is 66.1 cm³/mol. The second kappa shape index (κ2) is 7.24. The van der Waals surface area contributed by atoms with Gasteiger partial charge in [0.2, 0.25) is 0 Å². The van der Waals surface area contributed by atoms with Crippen molar-refractivity contribution in [3.05, 3.63) is 0 Å². The molecule has 1 heterocycles. The highest BCUT2D eigenvalue weighted by molar-refractivity contribution is 5.71. The fourth-order valence-corrected chi connectivity index (χ4v) is 2.37. The molecule has 0 aromatic rings. The summed E-state index contributed by atoms with van der Waals surface area (Å²) in [5.41, 5.74) is 0. The number of rotatable bonds is 5. The van der Waals surface area contributed by atoms with Crippen molar-refractivity contribution in [1.29, 1.82) is 0 Å². The average molecular weight is 298 g/mol. The normalized spacial score (nSPS) is 26.3. The zero-order valence-corrected chi connectivity index (χ0v) is 11.6. The third kappa shape index (κ3) is 6.06. The van der Waals surface area contributed by atoms with Crippen molar-refractivity contribution in [3.63, 3.8) is 0 Å². The first kappa shape index (κ1) is 17.2. The molecule has 0 aromatic carbocycles. The van der Waals surface area contributed by atoms with Gasteiger partial charge in [-0.1, -0.05) is 0 Å². The monoisotopic (exact) mass is 298 g/mol. The van der Waals surface area contributed by atoms with Gasteiger partial charge in [-0.05, 0) is 19.3 Å². The molecule has 0 saturated carbocycles. The van der Waals surface area contributed by atoms with Crippen molar-refractivity contribution in [2.24, 2.45) is 5.92 Å². The molecule has 1 rings (SSSR count). The summed E-state index contributed by atoms with van der Waals surface area (Å²) in [4.78, 5) is 13.0. The first-order chi connectivity index (χ1) is 9.21. The summed E-state index contributed by atoms with van der Waals surface area (Å²) in [7, 11) is 1.26. The number of esters is 1. The number of methoxy groups -OCH3 is 1. The smallest absolute Gasteiger partial charge is 0.401 e. The van der Waals surface area contributed by atoms with Crippen LogP contribution in [-0.2, 0) is 9.53 Å². The van der Waals surface area contributed by atoms with E-state index in [1.165, 1.54) is 7.11 Å². The number of hydrogen-bond donors (Lipinski definition) is 2. The van der Waals surface area contributed by atoms with Gasteiger partial charge in [-0.15, -0.1) is 0 Å². The third-order valence-corrected chi connectivity index (χ3v) is 3.41. The Hall–Kier alpha value is -0.860. The Morgan fingerprint density at radius 1 is 1.50 bits per heavy atom. The number of hydrogen-bond acceptors (Lipinski definition) is 5. The Kier molecular flexibility index (Phi) is 6.22. The number of halogens is 3. The maximum absolute atomic E-state index is 12.2. The molecule has 0 aromatic heterocycles. The number of carbonyl (C=O) groups excluding carboxylic acids is 1. The van der Waals surface area contributed by atoms with Crippen LogP contribution in [0.5, 0.6) is 0 Å². The van der Waals surface area contributed by atoms with Crippen LogP contribution in [0.3, 0.4) is 0 Å². The van der Waals surface area contributed by atoms with Gasteiger partial charge in [0.15, 0.2) is 0 Å². The number of alkyl halides is 3. The van der Waals surface area contributed by atoms with Crippen molar-refractivity contribution < 1.29 is 27.8 Å². The van der Waals surface area contributed by atoms with Crippen molar-refractivity contribution >= 4 is 5.97 Å². The number of likely N-dealkylation sites (tertiary alicyclic amines) is 1. The first-order valence-electron chi connectivity index (χ1n) is 6.48. The largest absolute Gasteiger partial charge is 0.468 e. The molecule has 3 atom stereocenters. The van der Waals surface area contributed by atoms with E-state index in [9.17, 15) is 23.1 Å². The molecule has 0 radical (unpaired) electrons. The molecule has 2 N–H and O–H groups in total. The van der Waals surface area contributed by atoms with Crippen LogP contribution in [0.2, 0.25) is 0 Å². The molecule has 5 nitrogen and oxygen atoms in total. The van der Waals surface area contributed by atoms with E-state index in [-0.39, 0.29) is 12.5 Å². The molecule has 118 valence electrons. The van der Waals surface area contributed by atoms with E-state index in [4.69, 9.17) is 0 Å². The highest BCUT2D eigenvalue weighted by Crippen LogP contribution is 2.21. The van der Waals surface area contributed by atoms with E-state index in [0.29, 0.717) is 19.5 Å². The van der Waals surface area contributed by atoms with Crippen LogP contribution >= 0.6 is 0 Å². The maximum Gasteiger partial charge on any atom is 0.401 e. The van der Waals surface area contributed by atoms with Gasteiger partial charge in [-0.25, -0.2) is 0 Å². The van der Waals surface area contributed by atoms with E-state index in [1.54, 1.807) is 11.8 Å². The van der Waals surface area contributed by atoms with Gasteiger partial charge in [0.25, 0.3) is 0 Å². The number of ether oxygens (including phenoxy) is 1. The van der Waals surface area contributed by atoms with Crippen LogP contribution in [0.25, 0.3) is 0 Å². The summed E-state index contributed by atoms with van der Waals surface area (Å²) < 4.78 is 41.2. The molecule has 0 bridgehead atoms. The number of aliphatic hydroxyl groups is 1. The molecular formula is C12H21F3N2O3. The van der Waals surface area contributed by atoms with Gasteiger partial charge >= 0.3 is 12.1 Å². The van der Waals surface area contributed by atoms with Gasteiger partial charge < -0.3 is 15.2 Å². The molecule has 0 aliphatic carbocycles. The van der Waals surface area contributed by atoms with Gasteiger partial charge in [-0.2, -0.15) is 13.2 Å². The SMILES string of the molecule is COC(=O)CN1CC(NCC(F)(F)F)CC(C(C)O)C1. The lowest BCUT2D eigenvalue weighted by molar-refractivity contribution is -0.143. The molecule has 0 amide bonds. The zero-order valence-electron chi connectivity index (χ0n) is 11.6. The van der Waals surface area contributed by atoms with Crippen LogP contribution in [0.4, 0.5) is 13.2 Å². The predicted octanol–water partition coefficient (Wildman–Crippen LogP) is 0.383. The number of piperidine rings is 1. The lowest BCUT2D eigenvalue weighted by Gasteiger charge is -2.38. The van der Waals surface area contributed by atoms with Crippen LogP contribution < -0.4 is 5.32 Å². The Labute approximate surface area is 116 Å². The molecule has 20 heavy (non-hydrogen) atoms.